The van der Waals surface area contributed by atoms with Crippen LogP contribution in [0.1, 0.15) is 22.3 Å². The molecule has 2 aromatic carbocycles. The van der Waals surface area contributed by atoms with Crippen molar-refractivity contribution in [2.24, 2.45) is 0 Å². The van der Waals surface area contributed by atoms with E-state index >= 15 is 0 Å². The first kappa shape index (κ1) is 19.6. The Hall–Kier alpha value is -2.73. The molecule has 4 rings (SSSR count). The molecule has 0 saturated carbocycles. The average Bonchev–Trinajstić information content (AvgIpc) is 3.18. The summed E-state index contributed by atoms with van der Waals surface area (Å²) in [6, 6.07) is 10.2. The van der Waals surface area contributed by atoms with Crippen LogP contribution in [-0.2, 0) is 11.3 Å². The molecule has 2 aromatic rings. The second-order valence-corrected chi connectivity index (χ2v) is 7.84. The smallest absolute Gasteiger partial charge is 0.260 e. The van der Waals surface area contributed by atoms with Crippen LogP contribution >= 0.6 is 0 Å². The normalized spacial score (nSPS) is 16.2. The van der Waals surface area contributed by atoms with Crippen LogP contribution in [0.4, 0.5) is 0 Å². The summed E-state index contributed by atoms with van der Waals surface area (Å²) in [5, 5.41) is 0. The Morgan fingerprint density at radius 2 is 1.76 bits per heavy atom. The zero-order valence-corrected chi connectivity index (χ0v) is 17.4. The molecule has 1 fully saturated rings. The van der Waals surface area contributed by atoms with Crippen LogP contribution in [0.3, 0.4) is 0 Å². The maximum atomic E-state index is 12.6. The van der Waals surface area contributed by atoms with Gasteiger partial charge in [-0.25, -0.2) is 0 Å². The Kier molecular flexibility index (Phi) is 5.62. The first-order valence-electron chi connectivity index (χ1n) is 10.1. The van der Waals surface area contributed by atoms with Crippen molar-refractivity contribution in [3.8, 4) is 17.2 Å². The first-order chi connectivity index (χ1) is 14.0. The zero-order valence-electron chi connectivity index (χ0n) is 17.4. The predicted octanol–water partition coefficient (Wildman–Crippen LogP) is 3.06. The summed E-state index contributed by atoms with van der Waals surface area (Å²) in [7, 11) is 0. The van der Waals surface area contributed by atoms with E-state index in [-0.39, 0.29) is 12.5 Å². The lowest BCUT2D eigenvalue weighted by molar-refractivity contribution is -0.135. The van der Waals surface area contributed by atoms with Crippen molar-refractivity contribution < 1.29 is 19.0 Å². The molecule has 0 aliphatic carbocycles. The highest BCUT2D eigenvalue weighted by atomic mass is 16.7. The molecule has 2 heterocycles. The number of piperazine rings is 1. The van der Waals surface area contributed by atoms with Gasteiger partial charge in [0.2, 0.25) is 6.79 Å². The van der Waals surface area contributed by atoms with E-state index in [1.54, 1.807) is 0 Å². The molecule has 0 N–H and O–H groups in total. The van der Waals surface area contributed by atoms with E-state index in [2.05, 4.69) is 24.0 Å². The minimum atomic E-state index is 0.0475. The molecule has 0 aromatic heterocycles. The molecule has 6 nitrogen and oxygen atoms in total. The van der Waals surface area contributed by atoms with Crippen molar-refractivity contribution in [3.63, 3.8) is 0 Å². The van der Waals surface area contributed by atoms with Crippen molar-refractivity contribution >= 4 is 5.91 Å². The van der Waals surface area contributed by atoms with E-state index in [1.165, 1.54) is 11.1 Å². The van der Waals surface area contributed by atoms with Gasteiger partial charge in [-0.2, -0.15) is 0 Å². The van der Waals surface area contributed by atoms with Gasteiger partial charge in [-0.1, -0.05) is 12.1 Å². The molecule has 1 saturated heterocycles. The summed E-state index contributed by atoms with van der Waals surface area (Å²) < 4.78 is 16.7. The Labute approximate surface area is 172 Å². The third kappa shape index (κ3) is 4.48. The largest absolute Gasteiger partial charge is 0.483 e. The molecular weight excluding hydrogens is 368 g/mol. The zero-order chi connectivity index (χ0) is 20.4. The van der Waals surface area contributed by atoms with Crippen molar-refractivity contribution in [3.05, 3.63) is 52.6 Å². The topological polar surface area (TPSA) is 51.2 Å². The van der Waals surface area contributed by atoms with Crippen LogP contribution in [0.15, 0.2) is 30.3 Å². The fraction of sp³-hybridized carbons (Fsp3) is 0.435. The van der Waals surface area contributed by atoms with Gasteiger partial charge < -0.3 is 19.1 Å². The van der Waals surface area contributed by atoms with Crippen LogP contribution in [0.25, 0.3) is 0 Å². The number of hydrogen-bond acceptors (Lipinski definition) is 5. The summed E-state index contributed by atoms with van der Waals surface area (Å²) in [6.45, 7) is 10.5. The third-order valence-corrected chi connectivity index (χ3v) is 5.68. The van der Waals surface area contributed by atoms with Gasteiger partial charge in [-0.15, -0.1) is 0 Å². The first-order valence-corrected chi connectivity index (χ1v) is 10.1. The molecule has 2 aliphatic heterocycles. The quantitative estimate of drug-likeness (QED) is 0.778. The average molecular weight is 396 g/mol. The van der Waals surface area contributed by atoms with Gasteiger partial charge in [0, 0.05) is 32.7 Å². The molecule has 1 amide bonds. The maximum absolute atomic E-state index is 12.6. The van der Waals surface area contributed by atoms with Crippen LogP contribution in [-0.4, -0.2) is 55.3 Å². The minimum absolute atomic E-state index is 0.0475. The lowest BCUT2D eigenvalue weighted by Gasteiger charge is -2.34. The summed E-state index contributed by atoms with van der Waals surface area (Å²) in [4.78, 5) is 16.9. The summed E-state index contributed by atoms with van der Waals surface area (Å²) in [5.41, 5.74) is 4.62. The van der Waals surface area contributed by atoms with Crippen molar-refractivity contribution in [1.82, 2.24) is 9.80 Å². The summed E-state index contributed by atoms with van der Waals surface area (Å²) in [6.07, 6.45) is 0. The van der Waals surface area contributed by atoms with Crippen LogP contribution < -0.4 is 14.2 Å². The van der Waals surface area contributed by atoms with Crippen molar-refractivity contribution in [2.75, 3.05) is 39.6 Å². The van der Waals surface area contributed by atoms with Gasteiger partial charge in [0.15, 0.2) is 18.1 Å². The number of aryl methyl sites for hydroxylation is 2. The van der Waals surface area contributed by atoms with Crippen molar-refractivity contribution in [1.29, 1.82) is 0 Å². The van der Waals surface area contributed by atoms with Crippen LogP contribution in [0.5, 0.6) is 17.2 Å². The highest BCUT2D eigenvalue weighted by Gasteiger charge is 2.22. The van der Waals surface area contributed by atoms with E-state index in [9.17, 15) is 4.79 Å². The van der Waals surface area contributed by atoms with Crippen LogP contribution in [0.2, 0.25) is 0 Å². The lowest BCUT2D eigenvalue weighted by Crippen LogP contribution is -2.49. The number of carbonyl (C=O) groups is 1. The number of hydrogen-bond donors (Lipinski definition) is 0. The number of ether oxygens (including phenoxy) is 3. The molecule has 29 heavy (non-hydrogen) atoms. The predicted molar refractivity (Wildman–Crippen MR) is 111 cm³/mol. The number of amides is 1. The van der Waals surface area contributed by atoms with Gasteiger partial charge in [0.25, 0.3) is 5.91 Å². The Morgan fingerprint density at radius 1 is 1.00 bits per heavy atom. The van der Waals surface area contributed by atoms with Gasteiger partial charge in [0.1, 0.15) is 5.75 Å². The number of nitrogens with zero attached hydrogens (tertiary/aromatic N) is 2. The lowest BCUT2D eigenvalue weighted by atomic mass is 10.1. The second-order valence-electron chi connectivity index (χ2n) is 7.84. The highest BCUT2D eigenvalue weighted by molar-refractivity contribution is 5.78. The number of rotatable bonds is 5. The fourth-order valence-electron chi connectivity index (χ4n) is 3.83. The van der Waals surface area contributed by atoms with E-state index in [0.717, 1.165) is 61.1 Å². The molecular formula is C23H28N2O4. The molecule has 0 spiro atoms. The van der Waals surface area contributed by atoms with Gasteiger partial charge in [-0.3, -0.25) is 9.69 Å². The second kappa shape index (κ2) is 8.33. The van der Waals surface area contributed by atoms with E-state index < -0.39 is 0 Å². The number of carbonyl (C=O) groups excluding carboxylic acids is 1. The monoisotopic (exact) mass is 396 g/mol. The number of benzene rings is 2. The fourth-order valence-corrected chi connectivity index (χ4v) is 3.83. The summed E-state index contributed by atoms with van der Waals surface area (Å²) >= 11 is 0. The third-order valence-electron chi connectivity index (χ3n) is 5.68. The SMILES string of the molecule is Cc1cc(C)c(C)c(OCC(=O)N2CCN(Cc3ccc4c(c3)OCO4)CC2)c1. The van der Waals surface area contributed by atoms with E-state index in [1.807, 2.05) is 36.9 Å². The molecule has 0 radical (unpaired) electrons. The van der Waals surface area contributed by atoms with E-state index in [4.69, 9.17) is 14.2 Å². The Balaban J connectivity index is 1.26. The molecule has 154 valence electrons. The van der Waals surface area contributed by atoms with Gasteiger partial charge in [-0.05, 0) is 61.2 Å². The molecule has 0 unspecified atom stereocenters. The van der Waals surface area contributed by atoms with E-state index in [0.29, 0.717) is 6.79 Å². The molecule has 6 heteroatoms. The van der Waals surface area contributed by atoms with Gasteiger partial charge in [0.05, 0.1) is 0 Å². The Bertz CT molecular complexity index is 904. The molecule has 0 atom stereocenters. The number of fused-ring (bicyclic) bond motifs is 1. The highest BCUT2D eigenvalue weighted by Crippen LogP contribution is 2.32. The summed E-state index contributed by atoms with van der Waals surface area (Å²) in [5.74, 6) is 2.47. The van der Waals surface area contributed by atoms with Crippen LogP contribution in [0, 0.1) is 20.8 Å². The standard InChI is InChI=1S/C23H28N2O4/c1-16-10-17(2)18(3)21(11-16)27-14-23(26)25-8-6-24(7-9-25)13-19-4-5-20-22(12-19)29-15-28-20/h4-5,10-12H,6-9,13-15H2,1-3H3. The van der Waals surface area contributed by atoms with Gasteiger partial charge >= 0.3 is 0 Å². The molecule has 0 bridgehead atoms. The minimum Gasteiger partial charge on any atom is -0.483 e. The van der Waals surface area contributed by atoms with Crippen molar-refractivity contribution in [2.45, 2.75) is 27.3 Å². The molecule has 2 aliphatic rings. The Morgan fingerprint density at radius 3 is 2.55 bits per heavy atom. The maximum Gasteiger partial charge on any atom is 0.260 e.